The van der Waals surface area contributed by atoms with Crippen LogP contribution in [0.1, 0.15) is 0 Å². The van der Waals surface area contributed by atoms with Crippen LogP contribution in [-0.2, 0) is 10.0 Å². The highest BCUT2D eigenvalue weighted by Crippen LogP contribution is 2.44. The van der Waals surface area contributed by atoms with E-state index in [1.807, 2.05) is 0 Å². The first kappa shape index (κ1) is 10.8. The van der Waals surface area contributed by atoms with Crippen LogP contribution in [-0.4, -0.2) is 13.3 Å². The van der Waals surface area contributed by atoms with E-state index in [9.17, 15) is 18.5 Å². The lowest BCUT2D eigenvalue weighted by Gasteiger charge is -2.04. The summed E-state index contributed by atoms with van der Waals surface area (Å²) in [6.07, 6.45) is 0. The van der Waals surface area contributed by atoms with E-state index in [4.69, 9.17) is 5.73 Å². The van der Waals surface area contributed by atoms with Gasteiger partial charge in [-0.3, -0.25) is 14.8 Å². The summed E-state index contributed by atoms with van der Waals surface area (Å²) in [7, 11) is -3.68. The van der Waals surface area contributed by atoms with E-state index in [0.29, 0.717) is 0 Å². The Morgan fingerprint density at radius 3 is 2.72 bits per heavy atom. The summed E-state index contributed by atoms with van der Waals surface area (Å²) in [5, 5.41) is 11.5. The maximum Gasteiger partial charge on any atom is 0.279 e. The van der Waals surface area contributed by atoms with Crippen LogP contribution in [0.15, 0.2) is 29.2 Å². The number of nitrogens with zero attached hydrogens (tertiary/aromatic N) is 1. The number of hydrogen-bond acceptors (Lipinski definition) is 5. The highest BCUT2D eigenvalue weighted by Gasteiger charge is 2.32. The minimum absolute atomic E-state index is 0.0189. The van der Waals surface area contributed by atoms with E-state index in [-0.39, 0.29) is 32.7 Å². The number of hydrogen-bond donors (Lipinski definition) is 2. The van der Waals surface area contributed by atoms with Crippen molar-refractivity contribution in [2.45, 2.75) is 4.90 Å². The molecule has 1 heterocycles. The molecular formula is C10H7N3O4S. The molecule has 0 fully saturated rings. The summed E-state index contributed by atoms with van der Waals surface area (Å²) in [5.74, 6) is 0. The minimum Gasteiger partial charge on any atom is -0.397 e. The topological polar surface area (TPSA) is 115 Å². The number of nitro groups is 1. The number of nitro benzene ring substituents is 1. The van der Waals surface area contributed by atoms with Crippen LogP contribution >= 0.6 is 0 Å². The fraction of sp³-hybridized carbons (Fsp3) is 0. The molecule has 7 nitrogen and oxygen atoms in total. The van der Waals surface area contributed by atoms with Crippen LogP contribution in [0.4, 0.5) is 17.1 Å². The van der Waals surface area contributed by atoms with Gasteiger partial charge in [0.05, 0.1) is 26.6 Å². The van der Waals surface area contributed by atoms with E-state index in [0.717, 1.165) is 6.07 Å². The molecule has 2 aromatic carbocycles. The molecule has 8 heteroatoms. The third-order valence-corrected chi connectivity index (χ3v) is 4.25. The zero-order chi connectivity index (χ0) is 13.1. The zero-order valence-electron chi connectivity index (χ0n) is 8.88. The van der Waals surface area contributed by atoms with E-state index in [1.165, 1.54) is 18.2 Å². The third kappa shape index (κ3) is 1.20. The predicted molar refractivity (Wildman–Crippen MR) is 65.8 cm³/mol. The quantitative estimate of drug-likeness (QED) is 0.460. The van der Waals surface area contributed by atoms with Gasteiger partial charge in [0, 0.05) is 11.5 Å². The normalized spacial score (nSPS) is 15.6. The number of anilines is 2. The van der Waals surface area contributed by atoms with Gasteiger partial charge in [-0.1, -0.05) is 6.07 Å². The molecule has 0 aromatic heterocycles. The molecule has 1 aliphatic heterocycles. The predicted octanol–water partition coefficient (Wildman–Crippen LogP) is 1.44. The van der Waals surface area contributed by atoms with Crippen molar-refractivity contribution in [3.63, 3.8) is 0 Å². The largest absolute Gasteiger partial charge is 0.397 e. The van der Waals surface area contributed by atoms with Crippen molar-refractivity contribution in [1.29, 1.82) is 0 Å². The molecule has 0 atom stereocenters. The Morgan fingerprint density at radius 1 is 1.33 bits per heavy atom. The summed E-state index contributed by atoms with van der Waals surface area (Å²) in [5.41, 5.74) is 5.72. The number of rotatable bonds is 1. The molecule has 0 radical (unpaired) electrons. The van der Waals surface area contributed by atoms with E-state index in [2.05, 4.69) is 4.72 Å². The van der Waals surface area contributed by atoms with Crippen LogP contribution < -0.4 is 10.5 Å². The Bertz CT molecular complexity index is 813. The SMILES string of the molecule is Nc1cc([N+](=O)[O-])c2cccc3c2c1NS3(=O)=O. The fourth-order valence-corrected chi connectivity index (χ4v) is 3.46. The zero-order valence-corrected chi connectivity index (χ0v) is 9.69. The van der Waals surface area contributed by atoms with Gasteiger partial charge in [-0.15, -0.1) is 0 Å². The average molecular weight is 265 g/mol. The van der Waals surface area contributed by atoms with Crippen LogP contribution in [0.3, 0.4) is 0 Å². The van der Waals surface area contributed by atoms with E-state index in [1.54, 1.807) is 0 Å². The lowest BCUT2D eigenvalue weighted by Crippen LogP contribution is -2.07. The molecule has 3 rings (SSSR count). The molecule has 3 N–H and O–H groups in total. The summed E-state index contributed by atoms with van der Waals surface area (Å²) >= 11 is 0. The second-order valence-electron chi connectivity index (χ2n) is 3.90. The minimum atomic E-state index is -3.68. The van der Waals surface area contributed by atoms with Crippen molar-refractivity contribution >= 4 is 37.9 Å². The first-order valence-electron chi connectivity index (χ1n) is 4.94. The molecule has 0 bridgehead atoms. The third-order valence-electron chi connectivity index (χ3n) is 2.86. The molecule has 18 heavy (non-hydrogen) atoms. The van der Waals surface area contributed by atoms with Crippen molar-refractivity contribution < 1.29 is 13.3 Å². The van der Waals surface area contributed by atoms with E-state index < -0.39 is 14.9 Å². The Balaban J connectivity index is 2.60. The number of nitrogen functional groups attached to an aromatic ring is 1. The first-order valence-corrected chi connectivity index (χ1v) is 6.42. The van der Waals surface area contributed by atoms with Gasteiger partial charge in [0.15, 0.2) is 0 Å². The number of non-ortho nitro benzene ring substituents is 1. The lowest BCUT2D eigenvalue weighted by molar-refractivity contribution is -0.383. The summed E-state index contributed by atoms with van der Waals surface area (Å²) in [6, 6.07) is 5.53. The molecule has 1 aliphatic rings. The molecule has 0 aliphatic carbocycles. The van der Waals surface area contributed by atoms with Gasteiger partial charge in [0.25, 0.3) is 15.7 Å². The van der Waals surface area contributed by atoms with Crippen molar-refractivity contribution in [1.82, 2.24) is 0 Å². The standard InChI is InChI=1S/C10H7N3O4S/c11-6-4-7(13(14)15)5-2-1-3-8-9(5)10(6)12-18(8,16)17/h1-4,12H,11H2. The summed E-state index contributed by atoms with van der Waals surface area (Å²) < 4.78 is 26.0. The molecule has 0 unspecified atom stereocenters. The Labute approximate surface area is 101 Å². The average Bonchev–Trinajstić information content (AvgIpc) is 2.58. The Hall–Kier alpha value is -2.35. The maximum atomic E-state index is 11.8. The first-order chi connectivity index (χ1) is 8.42. The fourth-order valence-electron chi connectivity index (χ4n) is 2.12. The summed E-state index contributed by atoms with van der Waals surface area (Å²) in [6.45, 7) is 0. The van der Waals surface area contributed by atoms with Gasteiger partial charge < -0.3 is 5.73 Å². The van der Waals surface area contributed by atoms with Crippen LogP contribution in [0.5, 0.6) is 0 Å². The molecule has 0 saturated heterocycles. The van der Waals surface area contributed by atoms with Crippen molar-refractivity contribution in [2.24, 2.45) is 0 Å². The van der Waals surface area contributed by atoms with Crippen LogP contribution in [0, 0.1) is 10.1 Å². The molecule has 92 valence electrons. The van der Waals surface area contributed by atoms with Gasteiger partial charge in [0.2, 0.25) is 0 Å². The number of benzene rings is 2. The van der Waals surface area contributed by atoms with Crippen molar-refractivity contribution in [3.8, 4) is 0 Å². The van der Waals surface area contributed by atoms with Gasteiger partial charge in [-0.25, -0.2) is 8.42 Å². The number of nitrogens with one attached hydrogen (secondary N) is 1. The van der Waals surface area contributed by atoms with E-state index >= 15 is 0 Å². The number of sulfonamides is 1. The second kappa shape index (κ2) is 3.10. The molecule has 2 aromatic rings. The molecule has 0 saturated carbocycles. The van der Waals surface area contributed by atoms with Crippen LogP contribution in [0.2, 0.25) is 0 Å². The lowest BCUT2D eigenvalue weighted by atomic mass is 10.1. The van der Waals surface area contributed by atoms with Gasteiger partial charge >= 0.3 is 0 Å². The smallest absolute Gasteiger partial charge is 0.279 e. The van der Waals surface area contributed by atoms with Gasteiger partial charge in [0.1, 0.15) is 0 Å². The highest BCUT2D eigenvalue weighted by atomic mass is 32.2. The molecule has 0 amide bonds. The van der Waals surface area contributed by atoms with Crippen molar-refractivity contribution in [2.75, 3.05) is 10.5 Å². The molecule has 0 spiro atoms. The van der Waals surface area contributed by atoms with Gasteiger partial charge in [-0.2, -0.15) is 0 Å². The number of nitrogens with two attached hydrogens (primary N) is 1. The highest BCUT2D eigenvalue weighted by molar-refractivity contribution is 7.93. The maximum absolute atomic E-state index is 11.8. The Morgan fingerprint density at radius 2 is 2.06 bits per heavy atom. The molecular weight excluding hydrogens is 258 g/mol. The van der Waals surface area contributed by atoms with Crippen LogP contribution in [0.25, 0.3) is 10.8 Å². The van der Waals surface area contributed by atoms with Crippen molar-refractivity contribution in [3.05, 3.63) is 34.4 Å². The second-order valence-corrected chi connectivity index (χ2v) is 5.55. The van der Waals surface area contributed by atoms with Gasteiger partial charge in [-0.05, 0) is 12.1 Å². The monoisotopic (exact) mass is 265 g/mol. The Kier molecular flexibility index (Phi) is 1.86. The summed E-state index contributed by atoms with van der Waals surface area (Å²) in [4.78, 5) is 10.4.